The van der Waals surface area contributed by atoms with Gasteiger partial charge >= 0.3 is 0 Å². The molecule has 8 heteroatoms. The molecule has 1 aliphatic rings. The second-order valence-electron chi connectivity index (χ2n) is 6.56. The lowest BCUT2D eigenvalue weighted by atomic mass is 10.1. The van der Waals surface area contributed by atoms with Crippen LogP contribution in [-0.2, 0) is 11.2 Å². The number of hydrogen-bond donors (Lipinski definition) is 1. The Morgan fingerprint density at radius 2 is 1.79 bits per heavy atom. The summed E-state index contributed by atoms with van der Waals surface area (Å²) in [5, 5.41) is 2.86. The Kier molecular flexibility index (Phi) is 7.02. The first-order valence-electron chi connectivity index (χ1n) is 9.43. The highest BCUT2D eigenvalue weighted by molar-refractivity contribution is 5.99. The van der Waals surface area contributed by atoms with Crippen molar-refractivity contribution in [2.24, 2.45) is 0 Å². The number of ether oxygens (including phenoxy) is 3. The fraction of sp³-hybridized carbons (Fsp3) is 0.381. The van der Waals surface area contributed by atoms with Gasteiger partial charge in [-0.05, 0) is 30.2 Å². The summed E-state index contributed by atoms with van der Waals surface area (Å²) in [5.74, 6) is 0.901. The first-order chi connectivity index (χ1) is 14.1. The van der Waals surface area contributed by atoms with Crippen molar-refractivity contribution in [1.82, 2.24) is 15.2 Å². The maximum atomic E-state index is 12.6. The van der Waals surface area contributed by atoms with Crippen LogP contribution in [0.15, 0.2) is 36.7 Å². The average Bonchev–Trinajstić information content (AvgIpc) is 2.79. The molecule has 1 aromatic heterocycles. The third-order valence-corrected chi connectivity index (χ3v) is 4.69. The van der Waals surface area contributed by atoms with E-state index in [0.717, 1.165) is 5.56 Å². The van der Waals surface area contributed by atoms with Crippen molar-refractivity contribution in [3.8, 4) is 11.5 Å². The van der Waals surface area contributed by atoms with E-state index in [1.54, 1.807) is 25.2 Å². The van der Waals surface area contributed by atoms with Crippen LogP contribution in [0.1, 0.15) is 26.3 Å². The molecule has 8 nitrogen and oxygen atoms in total. The third kappa shape index (κ3) is 5.23. The Morgan fingerprint density at radius 1 is 1.07 bits per heavy atom. The van der Waals surface area contributed by atoms with Gasteiger partial charge in [0.05, 0.1) is 38.6 Å². The summed E-state index contributed by atoms with van der Waals surface area (Å²) >= 11 is 0. The lowest BCUT2D eigenvalue weighted by Crippen LogP contribution is -2.40. The van der Waals surface area contributed by atoms with Crippen molar-refractivity contribution in [3.05, 3.63) is 53.3 Å². The molecule has 0 atom stereocenters. The molecule has 0 unspecified atom stereocenters. The predicted octanol–water partition coefficient (Wildman–Crippen LogP) is 1.54. The molecule has 0 radical (unpaired) electrons. The summed E-state index contributed by atoms with van der Waals surface area (Å²) in [6.45, 7) is 2.57. The lowest BCUT2D eigenvalue weighted by Gasteiger charge is -2.26. The number of methoxy groups -OCH3 is 2. The van der Waals surface area contributed by atoms with Crippen LogP contribution in [0.2, 0.25) is 0 Å². The molecule has 1 aromatic carbocycles. The summed E-state index contributed by atoms with van der Waals surface area (Å²) < 4.78 is 15.8. The van der Waals surface area contributed by atoms with E-state index in [2.05, 4.69) is 10.3 Å². The molecule has 1 aliphatic heterocycles. The molecule has 29 heavy (non-hydrogen) atoms. The molecule has 1 fully saturated rings. The monoisotopic (exact) mass is 399 g/mol. The van der Waals surface area contributed by atoms with Gasteiger partial charge in [-0.2, -0.15) is 0 Å². The zero-order valence-electron chi connectivity index (χ0n) is 16.6. The third-order valence-electron chi connectivity index (χ3n) is 4.69. The number of rotatable bonds is 7. The van der Waals surface area contributed by atoms with Gasteiger partial charge < -0.3 is 24.4 Å². The standard InChI is InChI=1S/C21H25N3O5/c1-27-18-4-3-15(11-19(18)28-2)5-6-23-20(25)16-12-17(14-22-13-16)21(26)24-7-9-29-10-8-24/h3-4,11-14H,5-10H2,1-2H3,(H,23,25). The number of carbonyl (C=O) groups excluding carboxylic acids is 2. The number of benzene rings is 1. The zero-order valence-corrected chi connectivity index (χ0v) is 16.6. The zero-order chi connectivity index (χ0) is 20.6. The lowest BCUT2D eigenvalue weighted by molar-refractivity contribution is 0.0302. The van der Waals surface area contributed by atoms with Crippen LogP contribution < -0.4 is 14.8 Å². The van der Waals surface area contributed by atoms with Crippen molar-refractivity contribution >= 4 is 11.8 Å². The molecule has 2 amide bonds. The fourth-order valence-corrected chi connectivity index (χ4v) is 3.09. The van der Waals surface area contributed by atoms with Gasteiger partial charge in [-0.1, -0.05) is 6.07 Å². The van der Waals surface area contributed by atoms with Crippen molar-refractivity contribution in [2.45, 2.75) is 6.42 Å². The summed E-state index contributed by atoms with van der Waals surface area (Å²) in [7, 11) is 3.17. The molecular formula is C21H25N3O5. The van der Waals surface area contributed by atoms with E-state index in [1.807, 2.05) is 18.2 Å². The molecule has 1 saturated heterocycles. The molecule has 0 spiro atoms. The van der Waals surface area contributed by atoms with Gasteiger partial charge in [-0.15, -0.1) is 0 Å². The topological polar surface area (TPSA) is 90.0 Å². The maximum Gasteiger partial charge on any atom is 0.255 e. The Bertz CT molecular complexity index is 865. The predicted molar refractivity (Wildman–Crippen MR) is 107 cm³/mol. The number of nitrogens with one attached hydrogen (secondary N) is 1. The van der Waals surface area contributed by atoms with Crippen molar-refractivity contribution in [3.63, 3.8) is 0 Å². The SMILES string of the molecule is COc1ccc(CCNC(=O)c2cncc(C(=O)N3CCOCC3)c2)cc1OC. The van der Waals surface area contributed by atoms with Crippen molar-refractivity contribution < 1.29 is 23.8 Å². The molecule has 2 aromatic rings. The highest BCUT2D eigenvalue weighted by Gasteiger charge is 2.20. The number of pyridine rings is 1. The van der Waals surface area contributed by atoms with Gasteiger partial charge in [0, 0.05) is 32.0 Å². The van der Waals surface area contributed by atoms with Gasteiger partial charge in [0.2, 0.25) is 0 Å². The Hall–Kier alpha value is -3.13. The minimum absolute atomic E-state index is 0.138. The van der Waals surface area contributed by atoms with Crippen LogP contribution in [0, 0.1) is 0 Å². The number of aromatic nitrogens is 1. The van der Waals surface area contributed by atoms with Crippen LogP contribution in [0.5, 0.6) is 11.5 Å². The number of amides is 2. The molecule has 154 valence electrons. The molecule has 2 heterocycles. The Labute approximate surface area is 169 Å². The first-order valence-corrected chi connectivity index (χ1v) is 9.43. The van der Waals surface area contributed by atoms with Gasteiger partial charge in [-0.25, -0.2) is 0 Å². The molecule has 3 rings (SSSR count). The molecule has 0 aliphatic carbocycles. The summed E-state index contributed by atoms with van der Waals surface area (Å²) in [6, 6.07) is 7.22. The van der Waals surface area contributed by atoms with Crippen LogP contribution >= 0.6 is 0 Å². The normalized spacial score (nSPS) is 13.7. The minimum Gasteiger partial charge on any atom is -0.493 e. The van der Waals surface area contributed by atoms with Crippen LogP contribution in [0.25, 0.3) is 0 Å². The van der Waals surface area contributed by atoms with E-state index < -0.39 is 0 Å². The first kappa shape index (κ1) is 20.6. The second-order valence-corrected chi connectivity index (χ2v) is 6.56. The number of nitrogens with zero attached hydrogens (tertiary/aromatic N) is 2. The van der Waals surface area contributed by atoms with E-state index in [1.165, 1.54) is 12.4 Å². The molecule has 1 N–H and O–H groups in total. The second kappa shape index (κ2) is 9.88. The average molecular weight is 399 g/mol. The van der Waals surface area contributed by atoms with Gasteiger partial charge in [0.15, 0.2) is 11.5 Å². The van der Waals surface area contributed by atoms with Gasteiger partial charge in [0.1, 0.15) is 0 Å². The number of hydrogen-bond acceptors (Lipinski definition) is 6. The highest BCUT2D eigenvalue weighted by Crippen LogP contribution is 2.27. The largest absolute Gasteiger partial charge is 0.493 e. The van der Waals surface area contributed by atoms with Crippen LogP contribution in [0.3, 0.4) is 0 Å². The quantitative estimate of drug-likeness (QED) is 0.760. The summed E-state index contributed by atoms with van der Waals surface area (Å²) in [6.07, 6.45) is 3.58. The fourth-order valence-electron chi connectivity index (χ4n) is 3.09. The van der Waals surface area contributed by atoms with E-state index in [4.69, 9.17) is 14.2 Å². The number of morpholine rings is 1. The van der Waals surface area contributed by atoms with Crippen molar-refractivity contribution in [2.75, 3.05) is 47.1 Å². The van der Waals surface area contributed by atoms with Crippen LogP contribution in [0.4, 0.5) is 0 Å². The summed E-state index contributed by atoms with van der Waals surface area (Å²) in [5.41, 5.74) is 1.77. The van der Waals surface area contributed by atoms with E-state index in [0.29, 0.717) is 61.9 Å². The van der Waals surface area contributed by atoms with Gasteiger partial charge in [-0.3, -0.25) is 14.6 Å². The molecular weight excluding hydrogens is 374 g/mol. The van der Waals surface area contributed by atoms with Crippen LogP contribution in [-0.4, -0.2) is 68.8 Å². The van der Waals surface area contributed by atoms with Crippen molar-refractivity contribution in [1.29, 1.82) is 0 Å². The minimum atomic E-state index is -0.269. The highest BCUT2D eigenvalue weighted by atomic mass is 16.5. The smallest absolute Gasteiger partial charge is 0.255 e. The number of carbonyl (C=O) groups is 2. The maximum absolute atomic E-state index is 12.6. The van der Waals surface area contributed by atoms with Gasteiger partial charge in [0.25, 0.3) is 11.8 Å². The molecule has 0 saturated carbocycles. The molecule has 0 bridgehead atoms. The Balaban J connectivity index is 1.57. The van der Waals surface area contributed by atoms with E-state index in [-0.39, 0.29) is 11.8 Å². The van der Waals surface area contributed by atoms with E-state index in [9.17, 15) is 9.59 Å². The van der Waals surface area contributed by atoms with E-state index >= 15 is 0 Å². The summed E-state index contributed by atoms with van der Waals surface area (Å²) in [4.78, 5) is 30.8. The Morgan fingerprint density at radius 3 is 2.52 bits per heavy atom.